The van der Waals surface area contributed by atoms with Crippen molar-refractivity contribution in [2.75, 3.05) is 13.9 Å². The molecule has 0 saturated heterocycles. The summed E-state index contributed by atoms with van der Waals surface area (Å²) in [6, 6.07) is 16.6. The van der Waals surface area contributed by atoms with Crippen molar-refractivity contribution in [1.82, 2.24) is 4.98 Å². The molecule has 0 N–H and O–H groups in total. The van der Waals surface area contributed by atoms with Crippen molar-refractivity contribution in [2.24, 2.45) is 0 Å². The van der Waals surface area contributed by atoms with Gasteiger partial charge in [-0.3, -0.25) is 9.78 Å². The summed E-state index contributed by atoms with van der Waals surface area (Å²) in [4.78, 5) is 15.5. The molecule has 0 radical (unpaired) electrons. The van der Waals surface area contributed by atoms with Crippen LogP contribution in [0.1, 0.15) is 10.4 Å². The molecule has 6 heteroatoms. The maximum absolute atomic E-state index is 11.2. The fourth-order valence-electron chi connectivity index (χ4n) is 2.31. The fraction of sp³-hybridized carbons (Fsp3) is 0.100. The van der Waals surface area contributed by atoms with E-state index in [2.05, 4.69) is 20.9 Å². The minimum atomic E-state index is 0.0713. The van der Waals surface area contributed by atoms with Crippen LogP contribution in [0.25, 0.3) is 11.3 Å². The van der Waals surface area contributed by atoms with Crippen molar-refractivity contribution in [3.05, 3.63) is 70.8 Å². The Morgan fingerprint density at radius 1 is 1.08 bits per heavy atom. The number of aromatic nitrogens is 1. The van der Waals surface area contributed by atoms with Crippen molar-refractivity contribution in [2.45, 2.75) is 0 Å². The van der Waals surface area contributed by atoms with Gasteiger partial charge in [0.2, 0.25) is 0 Å². The average Bonchev–Trinajstić information content (AvgIpc) is 2.69. The second kappa shape index (κ2) is 8.60. The summed E-state index contributed by atoms with van der Waals surface area (Å²) >= 11 is 3.34. The highest BCUT2D eigenvalue weighted by Crippen LogP contribution is 2.36. The molecule has 1 heterocycles. The van der Waals surface area contributed by atoms with E-state index in [1.807, 2.05) is 42.5 Å². The van der Waals surface area contributed by atoms with Gasteiger partial charge < -0.3 is 14.2 Å². The van der Waals surface area contributed by atoms with Gasteiger partial charge in [-0.05, 0) is 64.5 Å². The molecule has 1 aromatic heterocycles. The lowest BCUT2D eigenvalue weighted by Gasteiger charge is -2.14. The van der Waals surface area contributed by atoms with E-state index in [1.54, 1.807) is 18.3 Å². The van der Waals surface area contributed by atoms with Crippen LogP contribution in [0.3, 0.4) is 0 Å². The van der Waals surface area contributed by atoms with Crippen LogP contribution in [0, 0.1) is 0 Å². The van der Waals surface area contributed by atoms with E-state index in [0.29, 0.717) is 27.3 Å². The topological polar surface area (TPSA) is 57.7 Å². The number of hydrogen-bond acceptors (Lipinski definition) is 5. The van der Waals surface area contributed by atoms with E-state index in [0.717, 1.165) is 17.5 Å². The van der Waals surface area contributed by atoms with Gasteiger partial charge in [-0.1, -0.05) is 6.07 Å². The number of nitrogens with zero attached hydrogens (tertiary/aromatic N) is 1. The molecule has 0 saturated carbocycles. The number of carbonyl (C=O) groups excluding carboxylic acids is 1. The van der Waals surface area contributed by atoms with E-state index in [4.69, 9.17) is 14.2 Å². The molecule has 26 heavy (non-hydrogen) atoms. The van der Waals surface area contributed by atoms with Crippen LogP contribution in [-0.4, -0.2) is 25.2 Å². The first kappa shape index (κ1) is 18.1. The molecule has 5 nitrogen and oxygen atoms in total. The SMILES string of the molecule is COCOc1cc(Br)c(C=O)cc1Oc1ccc(-c2ccccn2)cc1. The monoisotopic (exact) mass is 413 g/mol. The molecule has 132 valence electrons. The first-order chi connectivity index (χ1) is 12.7. The quantitative estimate of drug-likeness (QED) is 0.398. The van der Waals surface area contributed by atoms with E-state index < -0.39 is 0 Å². The van der Waals surface area contributed by atoms with Crippen LogP contribution in [0.4, 0.5) is 0 Å². The van der Waals surface area contributed by atoms with Gasteiger partial charge in [0.1, 0.15) is 5.75 Å². The van der Waals surface area contributed by atoms with Gasteiger partial charge in [0.05, 0.1) is 5.69 Å². The van der Waals surface area contributed by atoms with Gasteiger partial charge in [0, 0.05) is 28.9 Å². The predicted octanol–water partition coefficient (Wildman–Crippen LogP) is 5.10. The van der Waals surface area contributed by atoms with Gasteiger partial charge in [0.25, 0.3) is 0 Å². The molecular formula is C20H16BrNO4. The Hall–Kier alpha value is -2.70. The first-order valence-electron chi connectivity index (χ1n) is 7.81. The van der Waals surface area contributed by atoms with E-state index in [-0.39, 0.29) is 6.79 Å². The molecular weight excluding hydrogens is 398 g/mol. The van der Waals surface area contributed by atoms with Crippen LogP contribution in [-0.2, 0) is 4.74 Å². The van der Waals surface area contributed by atoms with Crippen LogP contribution in [0.5, 0.6) is 17.2 Å². The van der Waals surface area contributed by atoms with Gasteiger partial charge in [-0.15, -0.1) is 0 Å². The summed E-state index contributed by atoms with van der Waals surface area (Å²) in [5, 5.41) is 0. The number of pyridine rings is 1. The highest BCUT2D eigenvalue weighted by Gasteiger charge is 2.12. The molecule has 0 aliphatic carbocycles. The molecule has 0 bridgehead atoms. The second-order valence-electron chi connectivity index (χ2n) is 5.33. The van der Waals surface area contributed by atoms with Gasteiger partial charge in [-0.25, -0.2) is 0 Å². The number of aldehydes is 1. The normalized spacial score (nSPS) is 10.4. The van der Waals surface area contributed by atoms with Crippen LogP contribution >= 0.6 is 15.9 Å². The summed E-state index contributed by atoms with van der Waals surface area (Å²) in [5.41, 5.74) is 2.34. The molecule has 0 aliphatic heterocycles. The second-order valence-corrected chi connectivity index (χ2v) is 6.18. The zero-order valence-electron chi connectivity index (χ0n) is 14.0. The number of hydrogen-bond donors (Lipinski definition) is 0. The third kappa shape index (κ3) is 4.28. The number of rotatable bonds is 7. The predicted molar refractivity (Wildman–Crippen MR) is 102 cm³/mol. The standard InChI is InChI=1S/C20H16BrNO4/c1-24-13-25-19-11-17(21)15(12-23)10-20(19)26-16-7-5-14(6-8-16)18-4-2-3-9-22-18/h2-12H,13H2,1H3. The molecule has 0 unspecified atom stereocenters. The van der Waals surface area contributed by atoms with Crippen LogP contribution < -0.4 is 9.47 Å². The summed E-state index contributed by atoms with van der Waals surface area (Å²) in [6.07, 6.45) is 2.50. The zero-order chi connectivity index (χ0) is 18.4. The molecule has 0 spiro atoms. The summed E-state index contributed by atoms with van der Waals surface area (Å²) in [5.74, 6) is 1.52. The maximum Gasteiger partial charge on any atom is 0.188 e. The number of carbonyl (C=O) groups is 1. The largest absolute Gasteiger partial charge is 0.464 e. The molecule has 0 amide bonds. The van der Waals surface area contributed by atoms with Gasteiger partial charge >= 0.3 is 0 Å². The smallest absolute Gasteiger partial charge is 0.188 e. The Labute approximate surface area is 159 Å². The molecule has 0 fully saturated rings. The molecule has 0 atom stereocenters. The number of methoxy groups -OCH3 is 1. The highest BCUT2D eigenvalue weighted by atomic mass is 79.9. The summed E-state index contributed by atoms with van der Waals surface area (Å²) in [7, 11) is 1.53. The Bertz CT molecular complexity index is 882. The van der Waals surface area contributed by atoms with Crippen molar-refractivity contribution >= 4 is 22.2 Å². The number of ether oxygens (including phenoxy) is 3. The third-order valence-corrected chi connectivity index (χ3v) is 4.25. The summed E-state index contributed by atoms with van der Waals surface area (Å²) < 4.78 is 17.0. The van der Waals surface area contributed by atoms with Crippen molar-refractivity contribution in [3.8, 4) is 28.5 Å². The lowest BCUT2D eigenvalue weighted by atomic mass is 10.1. The first-order valence-corrected chi connectivity index (χ1v) is 8.60. The Balaban J connectivity index is 1.86. The van der Waals surface area contributed by atoms with Crippen molar-refractivity contribution in [3.63, 3.8) is 0 Å². The lowest BCUT2D eigenvalue weighted by Crippen LogP contribution is -2.01. The number of benzene rings is 2. The van der Waals surface area contributed by atoms with E-state index in [1.165, 1.54) is 7.11 Å². The molecule has 2 aromatic carbocycles. The third-order valence-electron chi connectivity index (χ3n) is 3.57. The average molecular weight is 414 g/mol. The van der Waals surface area contributed by atoms with Crippen molar-refractivity contribution < 1.29 is 19.0 Å². The van der Waals surface area contributed by atoms with Crippen LogP contribution in [0.15, 0.2) is 65.3 Å². The van der Waals surface area contributed by atoms with Gasteiger partial charge in [-0.2, -0.15) is 0 Å². The zero-order valence-corrected chi connectivity index (χ0v) is 15.6. The Morgan fingerprint density at radius 2 is 1.88 bits per heavy atom. The number of halogens is 1. The Morgan fingerprint density at radius 3 is 2.54 bits per heavy atom. The van der Waals surface area contributed by atoms with Crippen molar-refractivity contribution in [1.29, 1.82) is 0 Å². The molecule has 3 aromatic rings. The van der Waals surface area contributed by atoms with Gasteiger partial charge in [0.15, 0.2) is 24.6 Å². The fourth-order valence-corrected chi connectivity index (χ4v) is 2.73. The minimum Gasteiger partial charge on any atom is -0.464 e. The lowest BCUT2D eigenvalue weighted by molar-refractivity contribution is 0.0494. The summed E-state index contributed by atoms with van der Waals surface area (Å²) in [6.45, 7) is 0.0713. The minimum absolute atomic E-state index is 0.0713. The maximum atomic E-state index is 11.2. The Kier molecular flexibility index (Phi) is 5.99. The molecule has 0 aliphatic rings. The van der Waals surface area contributed by atoms with Crippen LogP contribution in [0.2, 0.25) is 0 Å². The van der Waals surface area contributed by atoms with E-state index >= 15 is 0 Å². The molecule has 3 rings (SSSR count). The highest BCUT2D eigenvalue weighted by molar-refractivity contribution is 9.10. The van der Waals surface area contributed by atoms with E-state index in [9.17, 15) is 4.79 Å².